The van der Waals surface area contributed by atoms with Gasteiger partial charge in [0.15, 0.2) is 0 Å². The van der Waals surface area contributed by atoms with E-state index >= 15 is 0 Å². The highest BCUT2D eigenvalue weighted by Gasteiger charge is 2.34. The van der Waals surface area contributed by atoms with Gasteiger partial charge in [-0.15, -0.1) is 0 Å². The fourth-order valence-corrected chi connectivity index (χ4v) is 4.50. The Bertz CT molecular complexity index is 999. The number of hydrogen-bond acceptors (Lipinski definition) is 7. The number of H-pyrrole nitrogens is 1. The van der Waals surface area contributed by atoms with E-state index < -0.39 is 0 Å². The summed E-state index contributed by atoms with van der Waals surface area (Å²) in [6, 6.07) is 3.67. The Labute approximate surface area is 172 Å². The predicted octanol–water partition coefficient (Wildman–Crippen LogP) is 3.79. The molecular formula is C20H23N5O3S. The van der Waals surface area contributed by atoms with E-state index in [0.717, 1.165) is 30.1 Å². The van der Waals surface area contributed by atoms with Gasteiger partial charge in [-0.05, 0) is 56.0 Å². The lowest BCUT2D eigenvalue weighted by molar-refractivity contribution is -0.115. The Morgan fingerprint density at radius 1 is 1.34 bits per heavy atom. The first-order chi connectivity index (χ1) is 14.1. The molecule has 3 heterocycles. The second kappa shape index (κ2) is 7.62. The summed E-state index contributed by atoms with van der Waals surface area (Å²) in [4.78, 5) is 12.1. The van der Waals surface area contributed by atoms with Crippen molar-refractivity contribution in [1.29, 1.82) is 0 Å². The molecule has 1 amide bonds. The molecule has 9 heteroatoms. The summed E-state index contributed by atoms with van der Waals surface area (Å²) in [5, 5.41) is 16.0. The maximum atomic E-state index is 12.1. The van der Waals surface area contributed by atoms with Crippen molar-refractivity contribution in [3.8, 4) is 5.88 Å². The number of anilines is 1. The number of ether oxygens (including phenoxy) is 1. The molecule has 0 unspecified atom stereocenters. The normalized spacial score (nSPS) is 21.0. The number of rotatable bonds is 8. The van der Waals surface area contributed by atoms with Gasteiger partial charge in [-0.2, -0.15) is 9.47 Å². The van der Waals surface area contributed by atoms with E-state index in [1.54, 1.807) is 6.07 Å². The van der Waals surface area contributed by atoms with E-state index in [1.165, 1.54) is 29.9 Å². The number of aromatic nitrogens is 4. The number of nitrogens with one attached hydrogen (secondary N) is 2. The van der Waals surface area contributed by atoms with E-state index in [2.05, 4.69) is 30.4 Å². The first-order valence-electron chi connectivity index (χ1n) is 9.98. The summed E-state index contributed by atoms with van der Waals surface area (Å²) in [5.74, 6) is 3.44. The van der Waals surface area contributed by atoms with Crippen molar-refractivity contribution in [3.05, 3.63) is 40.2 Å². The van der Waals surface area contributed by atoms with Crippen LogP contribution in [0.4, 0.5) is 5.82 Å². The minimum atomic E-state index is -0.161. The zero-order chi connectivity index (χ0) is 19.8. The average Bonchev–Trinajstić information content (AvgIpc) is 3.02. The summed E-state index contributed by atoms with van der Waals surface area (Å²) >= 11 is 1.49. The molecule has 0 aromatic carbocycles. The Hall–Kier alpha value is -2.68. The quantitative estimate of drug-likeness (QED) is 0.582. The van der Waals surface area contributed by atoms with Crippen LogP contribution in [0.25, 0.3) is 0 Å². The molecule has 29 heavy (non-hydrogen) atoms. The molecule has 3 aromatic rings. The molecule has 2 saturated carbocycles. The molecule has 2 fully saturated rings. The lowest BCUT2D eigenvalue weighted by Gasteiger charge is -2.33. The standard InChI is InChI=1S/C20H23N5O3S/c1-11-4-15(28-24-11)7-19(26)21-18-8-17(22-23-18)14-5-12(6-14)9-27-20-16(10-29-25-20)13-2-3-13/h4,8,10,12-14H,2-3,5-7,9H2,1H3,(H2,21,22,23,26)/t12-,14+. The van der Waals surface area contributed by atoms with Gasteiger partial charge in [0, 0.05) is 29.0 Å². The van der Waals surface area contributed by atoms with Crippen LogP contribution in [0.2, 0.25) is 0 Å². The smallest absolute Gasteiger partial charge is 0.233 e. The molecule has 0 saturated heterocycles. The highest BCUT2D eigenvalue weighted by molar-refractivity contribution is 7.03. The maximum absolute atomic E-state index is 12.1. The maximum Gasteiger partial charge on any atom is 0.233 e. The van der Waals surface area contributed by atoms with Gasteiger partial charge in [0.05, 0.1) is 24.4 Å². The molecule has 2 N–H and O–H groups in total. The van der Waals surface area contributed by atoms with Crippen molar-refractivity contribution in [3.63, 3.8) is 0 Å². The predicted molar refractivity (Wildman–Crippen MR) is 107 cm³/mol. The third-order valence-electron chi connectivity index (χ3n) is 5.57. The molecule has 5 rings (SSSR count). The van der Waals surface area contributed by atoms with Crippen LogP contribution in [-0.4, -0.2) is 32.2 Å². The van der Waals surface area contributed by atoms with E-state index in [4.69, 9.17) is 9.26 Å². The molecule has 8 nitrogen and oxygen atoms in total. The van der Waals surface area contributed by atoms with Gasteiger partial charge in [0.1, 0.15) is 11.6 Å². The van der Waals surface area contributed by atoms with Gasteiger partial charge in [-0.1, -0.05) is 5.16 Å². The number of carbonyl (C=O) groups excluding carboxylic acids is 1. The van der Waals surface area contributed by atoms with Crippen LogP contribution in [0.3, 0.4) is 0 Å². The monoisotopic (exact) mass is 413 g/mol. The summed E-state index contributed by atoms with van der Waals surface area (Å²) in [5.41, 5.74) is 3.04. The Balaban J connectivity index is 1.08. The second-order valence-electron chi connectivity index (χ2n) is 8.06. The molecule has 0 spiro atoms. The minimum Gasteiger partial charge on any atom is -0.477 e. The number of amides is 1. The van der Waals surface area contributed by atoms with E-state index in [1.807, 2.05) is 13.0 Å². The highest BCUT2D eigenvalue weighted by Crippen LogP contribution is 2.46. The Kier molecular flexibility index (Phi) is 4.83. The largest absolute Gasteiger partial charge is 0.477 e. The van der Waals surface area contributed by atoms with Crippen molar-refractivity contribution in [2.24, 2.45) is 5.92 Å². The number of carbonyl (C=O) groups is 1. The fourth-order valence-electron chi connectivity index (χ4n) is 3.78. The number of aromatic amines is 1. The van der Waals surface area contributed by atoms with Crippen molar-refractivity contribution in [2.75, 3.05) is 11.9 Å². The fraction of sp³-hybridized carbons (Fsp3) is 0.500. The summed E-state index contributed by atoms with van der Waals surface area (Å²) in [7, 11) is 0. The van der Waals surface area contributed by atoms with Gasteiger partial charge < -0.3 is 14.6 Å². The van der Waals surface area contributed by atoms with Crippen molar-refractivity contribution in [1.82, 2.24) is 19.7 Å². The van der Waals surface area contributed by atoms with E-state index in [-0.39, 0.29) is 12.3 Å². The molecule has 0 radical (unpaired) electrons. The summed E-state index contributed by atoms with van der Waals surface area (Å²) in [6.07, 6.45) is 4.75. The van der Waals surface area contributed by atoms with Crippen LogP contribution in [0.15, 0.2) is 22.0 Å². The molecule has 3 aromatic heterocycles. The first kappa shape index (κ1) is 18.4. The van der Waals surface area contributed by atoms with Crippen LogP contribution in [-0.2, 0) is 11.2 Å². The van der Waals surface area contributed by atoms with Crippen LogP contribution in [0.1, 0.15) is 60.2 Å². The van der Waals surface area contributed by atoms with E-state index in [9.17, 15) is 4.79 Å². The first-order valence-corrected chi connectivity index (χ1v) is 10.8. The molecule has 152 valence electrons. The Morgan fingerprint density at radius 3 is 2.97 bits per heavy atom. The second-order valence-corrected chi connectivity index (χ2v) is 8.69. The zero-order valence-corrected chi connectivity index (χ0v) is 17.0. The lowest BCUT2D eigenvalue weighted by atomic mass is 9.74. The van der Waals surface area contributed by atoms with Crippen molar-refractivity contribution < 1.29 is 14.1 Å². The molecule has 0 aliphatic heterocycles. The minimum absolute atomic E-state index is 0.150. The van der Waals surface area contributed by atoms with Crippen LogP contribution in [0, 0.1) is 12.8 Å². The van der Waals surface area contributed by atoms with Crippen molar-refractivity contribution in [2.45, 2.75) is 50.9 Å². The molecule has 2 aliphatic carbocycles. The Morgan fingerprint density at radius 2 is 2.21 bits per heavy atom. The van der Waals surface area contributed by atoms with Crippen LogP contribution < -0.4 is 10.1 Å². The van der Waals surface area contributed by atoms with Gasteiger partial charge in [0.25, 0.3) is 0 Å². The van der Waals surface area contributed by atoms with Crippen LogP contribution in [0.5, 0.6) is 5.88 Å². The van der Waals surface area contributed by atoms with Gasteiger partial charge in [-0.25, -0.2) is 0 Å². The average molecular weight is 414 g/mol. The lowest BCUT2D eigenvalue weighted by Crippen LogP contribution is -2.27. The van der Waals surface area contributed by atoms with E-state index in [0.29, 0.717) is 35.9 Å². The SMILES string of the molecule is Cc1cc(CC(=O)Nc2cc([C@H]3C[C@@H](COc4nscc4C4CC4)C3)n[nH]2)on1. The summed E-state index contributed by atoms with van der Waals surface area (Å²) < 4.78 is 15.5. The van der Waals surface area contributed by atoms with Crippen LogP contribution >= 0.6 is 11.5 Å². The van der Waals surface area contributed by atoms with Gasteiger partial charge in [-0.3, -0.25) is 9.89 Å². The number of nitrogens with zero attached hydrogens (tertiary/aromatic N) is 3. The molecule has 2 aliphatic rings. The third kappa shape index (κ3) is 4.19. The number of aryl methyl sites for hydroxylation is 1. The molecular weight excluding hydrogens is 390 g/mol. The topological polar surface area (TPSA) is 106 Å². The summed E-state index contributed by atoms with van der Waals surface area (Å²) in [6.45, 7) is 2.54. The van der Waals surface area contributed by atoms with Crippen molar-refractivity contribution >= 4 is 23.3 Å². The van der Waals surface area contributed by atoms with Gasteiger partial charge in [0.2, 0.25) is 11.8 Å². The molecule has 0 atom stereocenters. The zero-order valence-electron chi connectivity index (χ0n) is 16.2. The van der Waals surface area contributed by atoms with Gasteiger partial charge >= 0.3 is 0 Å². The number of hydrogen-bond donors (Lipinski definition) is 2. The highest BCUT2D eigenvalue weighted by atomic mass is 32.1. The third-order valence-corrected chi connectivity index (χ3v) is 6.20. The molecule has 0 bridgehead atoms.